The molecule has 0 aromatic heterocycles. The van der Waals surface area contributed by atoms with E-state index in [-0.39, 0.29) is 11.4 Å². The van der Waals surface area contributed by atoms with Crippen LogP contribution in [0, 0.1) is 15.9 Å². The van der Waals surface area contributed by atoms with Crippen molar-refractivity contribution in [2.24, 2.45) is 0 Å². The van der Waals surface area contributed by atoms with Gasteiger partial charge in [-0.05, 0) is 6.42 Å². The molecular formula is C11H13FN2O4. The van der Waals surface area contributed by atoms with Crippen molar-refractivity contribution in [1.82, 2.24) is 0 Å². The van der Waals surface area contributed by atoms with Gasteiger partial charge in [-0.2, -0.15) is 0 Å². The minimum Gasteiger partial charge on any atom is -0.490 e. The van der Waals surface area contributed by atoms with Crippen molar-refractivity contribution >= 4 is 11.4 Å². The first-order valence-corrected chi connectivity index (χ1v) is 5.48. The largest absolute Gasteiger partial charge is 0.490 e. The zero-order valence-electron chi connectivity index (χ0n) is 9.80. The molecule has 0 radical (unpaired) electrons. The monoisotopic (exact) mass is 256 g/mol. The van der Waals surface area contributed by atoms with Crippen LogP contribution in [0.2, 0.25) is 0 Å². The zero-order chi connectivity index (χ0) is 13.3. The molecule has 1 fully saturated rings. The molecule has 18 heavy (non-hydrogen) atoms. The maximum absolute atomic E-state index is 13.8. The number of halogens is 1. The lowest BCUT2D eigenvalue weighted by Crippen LogP contribution is -2.22. The van der Waals surface area contributed by atoms with Gasteiger partial charge in [0.25, 0.3) is 0 Å². The van der Waals surface area contributed by atoms with Crippen molar-refractivity contribution in [3.05, 3.63) is 28.1 Å². The molecule has 0 saturated carbocycles. The van der Waals surface area contributed by atoms with E-state index in [4.69, 9.17) is 4.74 Å². The van der Waals surface area contributed by atoms with Gasteiger partial charge in [-0.15, -0.1) is 0 Å². The van der Waals surface area contributed by atoms with Gasteiger partial charge in [-0.3, -0.25) is 10.1 Å². The number of anilines is 1. The van der Waals surface area contributed by atoms with E-state index < -0.39 is 22.5 Å². The van der Waals surface area contributed by atoms with E-state index in [1.165, 1.54) is 13.2 Å². The van der Waals surface area contributed by atoms with Crippen LogP contribution in [0.25, 0.3) is 0 Å². The average Bonchev–Trinajstić information content (AvgIpc) is 2.75. The Hall–Kier alpha value is -1.89. The highest BCUT2D eigenvalue weighted by Crippen LogP contribution is 2.35. The van der Waals surface area contributed by atoms with E-state index >= 15 is 0 Å². The number of β-amino-alcohol motifs (C(OH)–C–C–N with tert-alkyl or cyclic N) is 1. The minimum atomic E-state index is -0.690. The van der Waals surface area contributed by atoms with Crippen molar-refractivity contribution in [2.45, 2.75) is 12.5 Å². The van der Waals surface area contributed by atoms with Gasteiger partial charge < -0.3 is 14.7 Å². The van der Waals surface area contributed by atoms with Crippen LogP contribution in [0.1, 0.15) is 6.42 Å². The van der Waals surface area contributed by atoms with E-state index in [0.717, 1.165) is 6.07 Å². The maximum Gasteiger partial charge on any atom is 0.313 e. The maximum atomic E-state index is 13.8. The summed E-state index contributed by atoms with van der Waals surface area (Å²) >= 11 is 0. The second-order valence-corrected chi connectivity index (χ2v) is 4.12. The number of aliphatic hydroxyl groups is 1. The third kappa shape index (κ3) is 2.21. The van der Waals surface area contributed by atoms with Crippen LogP contribution in [-0.2, 0) is 0 Å². The molecule has 7 heteroatoms. The molecule has 1 aliphatic rings. The number of hydrogen-bond acceptors (Lipinski definition) is 5. The van der Waals surface area contributed by atoms with Gasteiger partial charge in [0.05, 0.1) is 29.9 Å². The van der Waals surface area contributed by atoms with Crippen molar-refractivity contribution in [3.63, 3.8) is 0 Å². The van der Waals surface area contributed by atoms with Gasteiger partial charge in [-0.1, -0.05) is 0 Å². The Morgan fingerprint density at radius 2 is 2.33 bits per heavy atom. The van der Waals surface area contributed by atoms with Crippen molar-refractivity contribution < 1.29 is 19.2 Å². The lowest BCUT2D eigenvalue weighted by atomic mass is 10.2. The summed E-state index contributed by atoms with van der Waals surface area (Å²) in [5.41, 5.74) is -0.188. The van der Waals surface area contributed by atoms with Crippen LogP contribution in [0.5, 0.6) is 5.75 Å². The zero-order valence-corrected chi connectivity index (χ0v) is 9.80. The van der Waals surface area contributed by atoms with Crippen LogP contribution >= 0.6 is 0 Å². The van der Waals surface area contributed by atoms with Gasteiger partial charge in [0.2, 0.25) is 0 Å². The fourth-order valence-corrected chi connectivity index (χ4v) is 2.04. The Balaban J connectivity index is 2.40. The van der Waals surface area contributed by atoms with Crippen molar-refractivity contribution in [3.8, 4) is 5.75 Å². The summed E-state index contributed by atoms with van der Waals surface area (Å²) in [7, 11) is 1.29. The Bertz CT molecular complexity index is 480. The normalized spacial score (nSPS) is 19.1. The predicted octanol–water partition coefficient (Wildman–Crippen LogP) is 1.31. The lowest BCUT2D eigenvalue weighted by Gasteiger charge is -2.19. The van der Waals surface area contributed by atoms with Crippen LogP contribution in [0.3, 0.4) is 0 Å². The number of rotatable bonds is 3. The molecule has 2 rings (SSSR count). The SMILES string of the molecule is COc1cc(N2CC[C@@H](O)C2)c(F)cc1[N+](=O)[O-]. The second-order valence-electron chi connectivity index (χ2n) is 4.12. The molecule has 0 amide bonds. The summed E-state index contributed by atoms with van der Waals surface area (Å²) in [5, 5.41) is 20.1. The van der Waals surface area contributed by atoms with Gasteiger partial charge >= 0.3 is 5.69 Å². The molecule has 1 aliphatic heterocycles. The summed E-state index contributed by atoms with van der Waals surface area (Å²) in [6.45, 7) is 0.830. The molecule has 0 spiro atoms. The summed E-state index contributed by atoms with van der Waals surface area (Å²) in [4.78, 5) is 11.7. The minimum absolute atomic E-state index is 0.0118. The van der Waals surface area contributed by atoms with E-state index in [9.17, 15) is 19.6 Å². The molecule has 1 saturated heterocycles. The molecule has 1 aromatic rings. The van der Waals surface area contributed by atoms with Gasteiger partial charge in [-0.25, -0.2) is 4.39 Å². The summed E-state index contributed by atoms with van der Waals surface area (Å²) in [5.74, 6) is -0.672. The summed E-state index contributed by atoms with van der Waals surface area (Å²) < 4.78 is 18.7. The smallest absolute Gasteiger partial charge is 0.313 e. The number of nitro benzene ring substituents is 1. The first-order chi connectivity index (χ1) is 8.52. The third-order valence-electron chi connectivity index (χ3n) is 2.95. The van der Waals surface area contributed by atoms with Crippen molar-refractivity contribution in [1.29, 1.82) is 0 Å². The van der Waals surface area contributed by atoms with Crippen LogP contribution in [0.15, 0.2) is 12.1 Å². The number of ether oxygens (including phenoxy) is 1. The fraction of sp³-hybridized carbons (Fsp3) is 0.455. The second kappa shape index (κ2) is 4.77. The molecule has 1 atom stereocenters. The number of hydrogen-bond donors (Lipinski definition) is 1. The first kappa shape index (κ1) is 12.6. The highest BCUT2D eigenvalue weighted by Gasteiger charge is 2.26. The Morgan fingerprint density at radius 1 is 1.61 bits per heavy atom. The summed E-state index contributed by atoms with van der Waals surface area (Å²) in [6, 6.07) is 2.14. The Morgan fingerprint density at radius 3 is 2.83 bits per heavy atom. The standard InChI is InChI=1S/C11H13FN2O4/c1-18-11-5-9(13-3-2-7(15)6-13)8(12)4-10(11)14(16)17/h4-5,7,15H,2-3,6H2,1H3/t7-/m1/s1. The molecule has 98 valence electrons. The summed E-state index contributed by atoms with van der Waals surface area (Å²) in [6.07, 6.45) is 0.0595. The van der Waals surface area contributed by atoms with E-state index in [1.54, 1.807) is 4.90 Å². The van der Waals surface area contributed by atoms with Crippen LogP contribution < -0.4 is 9.64 Å². The quantitative estimate of drug-likeness (QED) is 0.652. The van der Waals surface area contributed by atoms with Crippen LogP contribution in [-0.4, -0.2) is 36.3 Å². The predicted molar refractivity (Wildman–Crippen MR) is 62.4 cm³/mol. The van der Waals surface area contributed by atoms with Gasteiger partial charge in [0.15, 0.2) is 11.6 Å². The fourth-order valence-electron chi connectivity index (χ4n) is 2.04. The van der Waals surface area contributed by atoms with Gasteiger partial charge in [0.1, 0.15) is 0 Å². The highest BCUT2D eigenvalue weighted by molar-refractivity contribution is 5.60. The topological polar surface area (TPSA) is 75.8 Å². The van der Waals surface area contributed by atoms with Crippen molar-refractivity contribution in [2.75, 3.05) is 25.1 Å². The Kier molecular flexibility index (Phi) is 3.33. The number of methoxy groups -OCH3 is 1. The highest BCUT2D eigenvalue weighted by atomic mass is 19.1. The molecule has 0 unspecified atom stereocenters. The molecular weight excluding hydrogens is 243 g/mol. The average molecular weight is 256 g/mol. The molecule has 6 nitrogen and oxygen atoms in total. The number of nitro groups is 1. The molecule has 1 heterocycles. The number of nitrogens with zero attached hydrogens (tertiary/aromatic N) is 2. The molecule has 0 aliphatic carbocycles. The molecule has 0 bridgehead atoms. The molecule has 1 N–H and O–H groups in total. The van der Waals surface area contributed by atoms with E-state index in [2.05, 4.69) is 0 Å². The number of benzene rings is 1. The van der Waals surface area contributed by atoms with E-state index in [1.807, 2.05) is 0 Å². The Labute approximate surface area is 103 Å². The van der Waals surface area contributed by atoms with Gasteiger partial charge in [0, 0.05) is 19.2 Å². The first-order valence-electron chi connectivity index (χ1n) is 5.48. The molecule has 1 aromatic carbocycles. The lowest BCUT2D eigenvalue weighted by molar-refractivity contribution is -0.385. The number of aliphatic hydroxyl groups excluding tert-OH is 1. The third-order valence-corrected chi connectivity index (χ3v) is 2.95. The van der Waals surface area contributed by atoms with Crippen LogP contribution in [0.4, 0.5) is 15.8 Å². The van der Waals surface area contributed by atoms with E-state index in [0.29, 0.717) is 19.5 Å².